The van der Waals surface area contributed by atoms with E-state index >= 15 is 0 Å². The molecule has 1 fully saturated rings. The first-order chi connectivity index (χ1) is 25.9. The van der Waals surface area contributed by atoms with E-state index < -0.39 is 29.4 Å². The molecule has 0 aliphatic heterocycles. The fourth-order valence-electron chi connectivity index (χ4n) is 6.36. The summed E-state index contributed by atoms with van der Waals surface area (Å²) in [5, 5.41) is 5.60. The molecule has 2 amide bonds. The van der Waals surface area contributed by atoms with Crippen LogP contribution in [0.15, 0.2) is 78.6 Å². The van der Waals surface area contributed by atoms with Crippen molar-refractivity contribution >= 4 is 52.4 Å². The van der Waals surface area contributed by atoms with Gasteiger partial charge in [0.05, 0.1) is 17.8 Å². The monoisotopic (exact) mass is 743 g/mol. The summed E-state index contributed by atoms with van der Waals surface area (Å²) in [6.45, 7) is 16.2. The Morgan fingerprint density at radius 1 is 0.796 bits per heavy atom. The van der Waals surface area contributed by atoms with Crippen molar-refractivity contribution in [1.29, 1.82) is 0 Å². The van der Waals surface area contributed by atoms with E-state index in [0.717, 1.165) is 74.9 Å². The number of nitrogens with one attached hydrogen (secondary N) is 2. The molecule has 54 heavy (non-hydrogen) atoms. The average Bonchev–Trinajstić information content (AvgIpc) is 3.14. The zero-order valence-corrected chi connectivity index (χ0v) is 32.2. The maximum absolute atomic E-state index is 13.9. The molecule has 0 aromatic heterocycles. The number of ketones is 2. The van der Waals surface area contributed by atoms with Gasteiger partial charge in [-0.25, -0.2) is 14.2 Å². The quantitative estimate of drug-likeness (QED) is 0.0384. The predicted molar refractivity (Wildman–Crippen MR) is 209 cm³/mol. The molecule has 290 valence electrons. The Morgan fingerprint density at radius 3 is 2.04 bits per heavy atom. The fourth-order valence-corrected chi connectivity index (χ4v) is 6.36. The van der Waals surface area contributed by atoms with E-state index in [1.165, 1.54) is 13.8 Å². The van der Waals surface area contributed by atoms with E-state index in [2.05, 4.69) is 37.6 Å². The minimum absolute atomic E-state index is 0.0378. The van der Waals surface area contributed by atoms with Crippen molar-refractivity contribution in [1.82, 2.24) is 5.32 Å². The molecule has 0 spiro atoms. The molecule has 0 radical (unpaired) electrons. The smallest absolute Gasteiger partial charge is 0.330 e. The lowest BCUT2D eigenvalue weighted by molar-refractivity contribution is -0.529. The van der Waals surface area contributed by atoms with E-state index in [1.54, 1.807) is 36.4 Å². The molecule has 0 saturated heterocycles. The van der Waals surface area contributed by atoms with Crippen LogP contribution in [-0.4, -0.2) is 85.0 Å². The molecule has 2 aliphatic carbocycles. The SMILES string of the molecule is C=CC(=O)OCCN(CCCCCC)c1ccc(C2C(=O)C(=C3C=CC(=[N+](CCCCCC)CCOC(=O)C=C)C=C3NC(C)=O)C2=O)c(NC(C)=O)c1. The number of unbranched alkanes of at least 4 members (excludes halogenated alkanes) is 6. The van der Waals surface area contributed by atoms with Crippen molar-refractivity contribution in [2.45, 2.75) is 85.0 Å². The van der Waals surface area contributed by atoms with Crippen LogP contribution in [0.4, 0.5) is 11.4 Å². The molecule has 0 heterocycles. The molecule has 0 bridgehead atoms. The lowest BCUT2D eigenvalue weighted by Crippen LogP contribution is -2.41. The van der Waals surface area contributed by atoms with Crippen LogP contribution < -0.4 is 15.5 Å². The Kier molecular flexibility index (Phi) is 17.5. The molecule has 1 aromatic rings. The van der Waals surface area contributed by atoms with Gasteiger partial charge < -0.3 is 25.0 Å². The largest absolute Gasteiger partial charge is 0.461 e. The number of amides is 2. The number of carbonyl (C=O) groups excluding carboxylic acids is 6. The van der Waals surface area contributed by atoms with Crippen LogP contribution in [0.1, 0.15) is 90.5 Å². The second kappa shape index (κ2) is 22.0. The van der Waals surface area contributed by atoms with Crippen molar-refractivity contribution in [3.05, 3.63) is 84.1 Å². The fraction of sp³-hybridized carbons (Fsp3) is 0.452. The van der Waals surface area contributed by atoms with Crippen LogP contribution in [0.2, 0.25) is 0 Å². The van der Waals surface area contributed by atoms with E-state index in [0.29, 0.717) is 48.7 Å². The van der Waals surface area contributed by atoms with Crippen LogP contribution in [0.3, 0.4) is 0 Å². The lowest BCUT2D eigenvalue weighted by Gasteiger charge is -2.32. The van der Waals surface area contributed by atoms with Gasteiger partial charge in [-0.1, -0.05) is 65.2 Å². The number of nitrogens with zero attached hydrogens (tertiary/aromatic N) is 2. The van der Waals surface area contributed by atoms with Gasteiger partial charge in [0.25, 0.3) is 0 Å². The minimum Gasteiger partial charge on any atom is -0.461 e. The van der Waals surface area contributed by atoms with E-state index in [4.69, 9.17) is 9.47 Å². The van der Waals surface area contributed by atoms with Crippen molar-refractivity contribution in [3.8, 4) is 0 Å². The summed E-state index contributed by atoms with van der Waals surface area (Å²) in [5.41, 5.74) is 2.73. The standard InChI is InChI=1S/C42H54N4O8/c1-7-11-13-15-21-45(23-25-53-37(49)9-3)31-17-19-33(35(27-31)43-29(5)47)39-41(51)40(42(39)52)34-20-18-32(28-36(34)44-30(6)48)46(22-16-14-12-8-2)24-26-54-38(50)10-4/h9-10,17-20,27-28,39H,3-4,7-8,11-16,21-26H2,1-2,5-6H3,(H,43,47)/p+1. The molecule has 0 atom stereocenters. The highest BCUT2D eigenvalue weighted by Gasteiger charge is 2.48. The molecule has 2 aliphatic rings. The second-order valence-corrected chi connectivity index (χ2v) is 13.2. The molecule has 12 heteroatoms. The van der Waals surface area contributed by atoms with Gasteiger partial charge in [0.15, 0.2) is 18.1 Å². The summed E-state index contributed by atoms with van der Waals surface area (Å²) in [7, 11) is 0. The van der Waals surface area contributed by atoms with Gasteiger partial charge in [0.2, 0.25) is 17.5 Å². The highest BCUT2D eigenvalue weighted by atomic mass is 16.5. The number of carbonyl (C=O) groups is 6. The number of hydrogen-bond acceptors (Lipinski definition) is 9. The van der Waals surface area contributed by atoms with Gasteiger partial charge in [-0.3, -0.25) is 19.2 Å². The number of anilines is 2. The third-order valence-corrected chi connectivity index (χ3v) is 9.10. The highest BCUT2D eigenvalue weighted by Crippen LogP contribution is 2.42. The summed E-state index contributed by atoms with van der Waals surface area (Å²) < 4.78 is 12.5. The van der Waals surface area contributed by atoms with E-state index in [9.17, 15) is 28.8 Å². The number of allylic oxidation sites excluding steroid dienone is 4. The second-order valence-electron chi connectivity index (χ2n) is 13.2. The van der Waals surface area contributed by atoms with Crippen LogP contribution in [0.25, 0.3) is 0 Å². The van der Waals surface area contributed by atoms with Gasteiger partial charge >= 0.3 is 11.9 Å². The molecular weight excluding hydrogens is 688 g/mol. The first kappa shape index (κ1) is 43.0. The molecule has 2 N–H and O–H groups in total. The Balaban J connectivity index is 1.98. The summed E-state index contributed by atoms with van der Waals surface area (Å²) in [6, 6.07) is 5.22. The number of ether oxygens (including phenoxy) is 2. The normalized spacial score (nSPS) is 15.9. The third-order valence-electron chi connectivity index (χ3n) is 9.10. The zero-order valence-electron chi connectivity index (χ0n) is 32.2. The molecular formula is C42H55N4O8+. The van der Waals surface area contributed by atoms with Crippen molar-refractivity contribution in [2.75, 3.05) is 49.6 Å². The van der Waals surface area contributed by atoms with E-state index in [-0.39, 0.29) is 30.6 Å². The number of hydrogen-bond donors (Lipinski definition) is 2. The van der Waals surface area contributed by atoms with Crippen LogP contribution in [-0.2, 0) is 38.2 Å². The first-order valence-electron chi connectivity index (χ1n) is 18.8. The van der Waals surface area contributed by atoms with Gasteiger partial charge in [-0.05, 0) is 36.6 Å². The summed E-state index contributed by atoms with van der Waals surface area (Å²) in [6.07, 6.45) is 15.5. The number of Topliss-reactive ketones (excluding diaryl/α,β-unsaturated/α-hetero) is 2. The number of rotatable bonds is 22. The van der Waals surface area contributed by atoms with Crippen molar-refractivity contribution in [2.24, 2.45) is 0 Å². The molecule has 1 aromatic carbocycles. The third kappa shape index (κ3) is 12.3. The Morgan fingerprint density at radius 2 is 1.43 bits per heavy atom. The summed E-state index contributed by atoms with van der Waals surface area (Å²) in [4.78, 5) is 78.0. The molecule has 0 unspecified atom stereocenters. The maximum atomic E-state index is 13.9. The van der Waals surface area contributed by atoms with Gasteiger partial charge in [0, 0.05) is 68.1 Å². The predicted octanol–water partition coefficient (Wildman–Crippen LogP) is 5.65. The minimum atomic E-state index is -1.15. The molecule has 1 saturated carbocycles. The highest BCUT2D eigenvalue weighted by molar-refractivity contribution is 6.43. The summed E-state index contributed by atoms with van der Waals surface area (Å²) >= 11 is 0. The van der Waals surface area contributed by atoms with Crippen molar-refractivity contribution < 1.29 is 42.8 Å². The van der Waals surface area contributed by atoms with Crippen LogP contribution in [0.5, 0.6) is 0 Å². The number of benzene rings is 1. The molecule has 3 rings (SSSR count). The van der Waals surface area contributed by atoms with Crippen LogP contribution in [0, 0.1) is 0 Å². The van der Waals surface area contributed by atoms with Gasteiger partial charge in [0.1, 0.15) is 25.7 Å². The lowest BCUT2D eigenvalue weighted by atomic mass is 9.69. The van der Waals surface area contributed by atoms with E-state index in [1.807, 2.05) is 9.48 Å². The maximum Gasteiger partial charge on any atom is 0.330 e. The molecule has 12 nitrogen and oxygen atoms in total. The average molecular weight is 744 g/mol. The Labute approximate surface area is 318 Å². The number of esters is 2. The Hall–Kier alpha value is -5.39. The van der Waals surface area contributed by atoms with Gasteiger partial charge in [-0.15, -0.1) is 0 Å². The Bertz CT molecular complexity index is 1720. The van der Waals surface area contributed by atoms with Gasteiger partial charge in [-0.2, -0.15) is 0 Å². The summed E-state index contributed by atoms with van der Waals surface area (Å²) in [5.74, 6) is -3.80. The van der Waals surface area contributed by atoms with Crippen molar-refractivity contribution in [3.63, 3.8) is 0 Å². The topological polar surface area (TPSA) is 151 Å². The van der Waals surface area contributed by atoms with Crippen LogP contribution >= 0.6 is 0 Å². The zero-order chi connectivity index (χ0) is 39.6. The first-order valence-corrected chi connectivity index (χ1v) is 18.8.